The van der Waals surface area contributed by atoms with Crippen molar-refractivity contribution in [2.24, 2.45) is 0 Å². The lowest BCUT2D eigenvalue weighted by Gasteiger charge is -2.21. The van der Waals surface area contributed by atoms with Crippen molar-refractivity contribution in [2.45, 2.75) is 0 Å². The number of halogens is 2. The molecule has 1 amide bonds. The summed E-state index contributed by atoms with van der Waals surface area (Å²) in [4.78, 5) is 29.5. The van der Waals surface area contributed by atoms with E-state index in [4.69, 9.17) is 8.83 Å². The Kier molecular flexibility index (Phi) is 7.01. The Hall–Kier alpha value is -5.36. The molecule has 222 valence electrons. The molecule has 6 rings (SSSR count). The van der Waals surface area contributed by atoms with Crippen LogP contribution in [0.15, 0.2) is 81.6 Å². The van der Waals surface area contributed by atoms with Crippen molar-refractivity contribution in [2.75, 3.05) is 24.7 Å². The zero-order chi connectivity index (χ0) is 31.3. The Balaban J connectivity index is 1.65. The Labute approximate surface area is 249 Å². The van der Waals surface area contributed by atoms with E-state index in [1.165, 1.54) is 62.6 Å². The minimum Gasteiger partial charge on any atom is -0.455 e. The molecular weight excluding hydrogens is 592 g/mol. The van der Waals surface area contributed by atoms with Gasteiger partial charge in [0.25, 0.3) is 5.91 Å². The van der Waals surface area contributed by atoms with Gasteiger partial charge >= 0.3 is 0 Å². The van der Waals surface area contributed by atoms with Crippen LogP contribution in [-0.4, -0.2) is 45.9 Å². The Morgan fingerprint density at radius 1 is 0.932 bits per heavy atom. The van der Waals surface area contributed by atoms with Crippen LogP contribution in [0.1, 0.15) is 20.7 Å². The molecule has 0 bridgehead atoms. The molecule has 0 fully saturated rings. The molecule has 6 aromatic rings. The number of sulfonamides is 1. The zero-order valence-electron chi connectivity index (χ0n) is 23.5. The van der Waals surface area contributed by atoms with E-state index in [-0.39, 0.29) is 45.1 Å². The molecule has 0 radical (unpaired) electrons. The molecule has 0 saturated heterocycles. The summed E-state index contributed by atoms with van der Waals surface area (Å²) < 4.78 is 66.5. The van der Waals surface area contributed by atoms with Gasteiger partial charge < -0.3 is 14.2 Å². The van der Waals surface area contributed by atoms with Crippen LogP contribution in [0.25, 0.3) is 56.0 Å². The number of anilines is 1. The number of oxazole rings is 1. The molecule has 0 saturated carbocycles. The molecule has 4 aromatic carbocycles. The van der Waals surface area contributed by atoms with Crippen molar-refractivity contribution in [1.29, 1.82) is 0 Å². The number of hydrogen-bond donors (Lipinski definition) is 1. The number of rotatable bonds is 7. The molecule has 0 aliphatic heterocycles. The van der Waals surface area contributed by atoms with Gasteiger partial charge in [0.2, 0.25) is 15.9 Å². The summed E-state index contributed by atoms with van der Waals surface area (Å²) in [6, 6.07) is 17.4. The third-order valence-corrected chi connectivity index (χ3v) is 8.41. The number of carbonyl (C=O) groups is 2. The monoisotopic (exact) mass is 615 g/mol. The largest absolute Gasteiger partial charge is 0.455 e. The first kappa shape index (κ1) is 28.7. The van der Waals surface area contributed by atoms with Crippen LogP contribution >= 0.6 is 0 Å². The lowest BCUT2D eigenvalue weighted by molar-refractivity contribution is 0.0964. The van der Waals surface area contributed by atoms with Crippen molar-refractivity contribution < 1.29 is 35.6 Å². The molecule has 12 heteroatoms. The molecule has 2 heterocycles. The molecule has 1 N–H and O–H groups in total. The number of aromatic nitrogens is 1. The molecule has 0 unspecified atom stereocenters. The minimum atomic E-state index is -3.81. The van der Waals surface area contributed by atoms with Crippen LogP contribution in [0.2, 0.25) is 0 Å². The Morgan fingerprint density at radius 2 is 1.66 bits per heavy atom. The summed E-state index contributed by atoms with van der Waals surface area (Å²) in [7, 11) is -0.999. The maximum atomic E-state index is 14.4. The Morgan fingerprint density at radius 3 is 2.32 bits per heavy atom. The smallest absolute Gasteiger partial charge is 0.255 e. The van der Waals surface area contributed by atoms with Gasteiger partial charge in [0.1, 0.15) is 29.0 Å². The van der Waals surface area contributed by atoms with Crippen molar-refractivity contribution in [3.05, 3.63) is 95.6 Å². The van der Waals surface area contributed by atoms with E-state index in [0.717, 1.165) is 10.6 Å². The predicted molar refractivity (Wildman–Crippen MR) is 162 cm³/mol. The van der Waals surface area contributed by atoms with Crippen LogP contribution in [0.4, 0.5) is 14.5 Å². The van der Waals surface area contributed by atoms with Gasteiger partial charge in [-0.1, -0.05) is 6.07 Å². The van der Waals surface area contributed by atoms with E-state index in [1.54, 1.807) is 24.3 Å². The fourth-order valence-corrected chi connectivity index (χ4v) is 5.50. The fourth-order valence-electron chi connectivity index (χ4n) is 4.99. The third-order valence-electron chi connectivity index (χ3n) is 7.22. The van der Waals surface area contributed by atoms with E-state index in [9.17, 15) is 26.8 Å². The number of para-hydroxylation sites is 1. The second kappa shape index (κ2) is 10.7. The maximum absolute atomic E-state index is 14.4. The lowest BCUT2D eigenvalue weighted by Crippen LogP contribution is -2.25. The number of hydrogen-bond acceptors (Lipinski definition) is 7. The summed E-state index contributed by atoms with van der Waals surface area (Å²) in [6.07, 6.45) is 1.64. The first-order valence-electron chi connectivity index (χ1n) is 13.2. The summed E-state index contributed by atoms with van der Waals surface area (Å²) >= 11 is 0. The van der Waals surface area contributed by atoms with E-state index >= 15 is 0 Å². The number of nitrogens with one attached hydrogen (secondary N) is 1. The van der Waals surface area contributed by atoms with Gasteiger partial charge in [0, 0.05) is 47.8 Å². The quantitative estimate of drug-likeness (QED) is 0.206. The average molecular weight is 616 g/mol. The first-order chi connectivity index (χ1) is 21.0. The van der Waals surface area contributed by atoms with Gasteiger partial charge in [-0.2, -0.15) is 0 Å². The molecule has 0 aliphatic carbocycles. The lowest BCUT2D eigenvalue weighted by atomic mass is 9.95. The zero-order valence-corrected chi connectivity index (χ0v) is 24.3. The second-order valence-electron chi connectivity index (χ2n) is 10.1. The number of furan rings is 1. The minimum absolute atomic E-state index is 0.0152. The van der Waals surface area contributed by atoms with Crippen molar-refractivity contribution in [3.63, 3.8) is 0 Å². The molecule has 0 aliphatic rings. The van der Waals surface area contributed by atoms with Crippen LogP contribution in [0.5, 0.6) is 0 Å². The average Bonchev–Trinajstić information content (AvgIpc) is 3.62. The van der Waals surface area contributed by atoms with E-state index < -0.39 is 27.6 Å². The highest BCUT2D eigenvalue weighted by molar-refractivity contribution is 7.92. The summed E-state index contributed by atoms with van der Waals surface area (Å²) in [5.41, 5.74) is 2.41. The van der Waals surface area contributed by atoms with Crippen LogP contribution in [-0.2, 0) is 10.0 Å². The van der Waals surface area contributed by atoms with E-state index in [0.29, 0.717) is 33.9 Å². The predicted octanol–water partition coefficient (Wildman–Crippen LogP) is 6.42. The fraction of sp³-hybridized carbons (Fsp3) is 0.0938. The van der Waals surface area contributed by atoms with Crippen molar-refractivity contribution in [1.82, 2.24) is 10.3 Å². The molecule has 0 spiro atoms. The van der Waals surface area contributed by atoms with E-state index in [2.05, 4.69) is 10.3 Å². The number of carbonyl (C=O) groups excluding carboxylic acids is 2. The summed E-state index contributed by atoms with van der Waals surface area (Å²) in [6.45, 7) is 0. The molecule has 0 atom stereocenters. The molecule has 44 heavy (non-hydrogen) atoms. The highest BCUT2D eigenvalue weighted by atomic mass is 32.2. The topological polar surface area (TPSA) is 123 Å². The summed E-state index contributed by atoms with van der Waals surface area (Å²) in [5.74, 6) is -1.35. The number of amides is 1. The van der Waals surface area contributed by atoms with Gasteiger partial charge in [-0.15, -0.1) is 0 Å². The molecule has 9 nitrogen and oxygen atoms in total. The van der Waals surface area contributed by atoms with Gasteiger partial charge in [-0.25, -0.2) is 22.2 Å². The molecule has 2 aromatic heterocycles. The number of fused-ring (bicyclic) bond motifs is 2. The standard InChI is InChI=1S/C32H23F2N3O6S/c1-35-31(39)28-23-14-22(19-11-17(16-38)12-20(13-19)32-36-29-24(34)5-4-6-26(29)43-32)25(37(2)44(3,40)41)15-27(23)42-30(28)18-7-9-21(33)10-8-18/h4-16H,1-3H3,(H,35,39). The van der Waals surface area contributed by atoms with Crippen LogP contribution < -0.4 is 9.62 Å². The van der Waals surface area contributed by atoms with Gasteiger partial charge in [0.05, 0.1) is 17.5 Å². The maximum Gasteiger partial charge on any atom is 0.255 e. The van der Waals surface area contributed by atoms with Crippen LogP contribution in [0.3, 0.4) is 0 Å². The SMILES string of the molecule is CNC(=O)c1c(-c2ccc(F)cc2)oc2cc(N(C)S(C)(=O)=O)c(-c3cc(C=O)cc(-c4nc5c(F)cccc5o4)c3)cc12. The molecular formula is C32H23F2N3O6S. The summed E-state index contributed by atoms with van der Waals surface area (Å²) in [5, 5.41) is 2.93. The van der Waals surface area contributed by atoms with Crippen molar-refractivity contribution in [3.8, 4) is 33.9 Å². The van der Waals surface area contributed by atoms with Gasteiger partial charge in [-0.05, 0) is 66.2 Å². The normalized spacial score (nSPS) is 11.7. The third kappa shape index (κ3) is 4.98. The second-order valence-corrected chi connectivity index (χ2v) is 12.1. The highest BCUT2D eigenvalue weighted by Crippen LogP contribution is 2.42. The number of nitrogens with zero attached hydrogens (tertiary/aromatic N) is 2. The van der Waals surface area contributed by atoms with Crippen molar-refractivity contribution >= 4 is 50.0 Å². The van der Waals surface area contributed by atoms with E-state index in [1.807, 2.05) is 0 Å². The number of benzene rings is 4. The van der Waals surface area contributed by atoms with Gasteiger partial charge in [0.15, 0.2) is 11.4 Å². The van der Waals surface area contributed by atoms with Gasteiger partial charge in [-0.3, -0.25) is 13.9 Å². The van der Waals surface area contributed by atoms with Crippen LogP contribution in [0, 0.1) is 11.6 Å². The number of aldehydes is 1. The Bertz CT molecular complexity index is 2220. The highest BCUT2D eigenvalue weighted by Gasteiger charge is 2.26. The first-order valence-corrected chi connectivity index (χ1v) is 15.0.